The molecule has 0 heterocycles. The molecule has 0 radical (unpaired) electrons. The highest BCUT2D eigenvalue weighted by atomic mass is 35.5. The number of rotatable bonds is 1. The summed E-state index contributed by atoms with van der Waals surface area (Å²) in [6.07, 6.45) is -4.53. The molecule has 1 aromatic rings. The van der Waals surface area contributed by atoms with Gasteiger partial charge in [-0.1, -0.05) is 11.6 Å². The average Bonchev–Trinajstić information content (AvgIpc) is 2.02. The molecule has 0 amide bonds. The molecule has 2 nitrogen and oxygen atoms in total. The number of halogens is 4. The lowest BCUT2D eigenvalue weighted by molar-refractivity contribution is -0.137. The van der Waals surface area contributed by atoms with E-state index in [9.17, 15) is 13.2 Å². The van der Waals surface area contributed by atoms with Crippen molar-refractivity contribution in [3.63, 3.8) is 0 Å². The second-order valence-electron chi connectivity index (χ2n) is 2.69. The third-order valence-corrected chi connectivity index (χ3v) is 2.02. The molecule has 0 bridgehead atoms. The van der Waals surface area contributed by atoms with Crippen molar-refractivity contribution in [1.82, 2.24) is 0 Å². The molecular weight excluding hydrogens is 219 g/mol. The van der Waals surface area contributed by atoms with Crippen LogP contribution in [0.25, 0.3) is 0 Å². The van der Waals surface area contributed by atoms with Crippen molar-refractivity contribution in [1.29, 1.82) is 0 Å². The first-order valence-electron chi connectivity index (χ1n) is 3.62. The maximum absolute atomic E-state index is 12.3. The Hall–Kier alpha value is -0.940. The quantitative estimate of drug-likeness (QED) is 0.721. The third-order valence-electron chi connectivity index (χ3n) is 1.70. The molecule has 1 rings (SSSR count). The largest absolute Gasteiger partial charge is 0.417 e. The van der Waals surface area contributed by atoms with E-state index in [4.69, 9.17) is 22.4 Å². The van der Waals surface area contributed by atoms with E-state index in [1.165, 1.54) is 0 Å². The van der Waals surface area contributed by atoms with E-state index in [1.54, 1.807) is 0 Å². The Morgan fingerprint density at radius 2 is 1.93 bits per heavy atom. The Morgan fingerprint density at radius 3 is 2.36 bits per heavy atom. The molecule has 1 aromatic carbocycles. The number of anilines is 1. The van der Waals surface area contributed by atoms with Gasteiger partial charge < -0.3 is 10.8 Å². The summed E-state index contributed by atoms with van der Waals surface area (Å²) in [5, 5.41) is 8.24. The SMILES string of the molecule is Nc1cc(Cl)c(C(F)(F)F)cc1CO. The van der Waals surface area contributed by atoms with Crippen LogP contribution in [-0.4, -0.2) is 5.11 Å². The van der Waals surface area contributed by atoms with E-state index < -0.39 is 23.4 Å². The smallest absolute Gasteiger partial charge is 0.398 e. The van der Waals surface area contributed by atoms with Gasteiger partial charge in [-0.2, -0.15) is 13.2 Å². The van der Waals surface area contributed by atoms with Crippen LogP contribution in [-0.2, 0) is 12.8 Å². The van der Waals surface area contributed by atoms with Crippen LogP contribution >= 0.6 is 11.6 Å². The van der Waals surface area contributed by atoms with Gasteiger partial charge in [-0.25, -0.2) is 0 Å². The maximum atomic E-state index is 12.3. The molecule has 0 spiro atoms. The van der Waals surface area contributed by atoms with Gasteiger partial charge in [0.25, 0.3) is 0 Å². The first-order chi connectivity index (χ1) is 6.36. The van der Waals surface area contributed by atoms with Crippen LogP contribution in [0.1, 0.15) is 11.1 Å². The topological polar surface area (TPSA) is 46.2 Å². The van der Waals surface area contributed by atoms with Gasteiger partial charge in [-0.15, -0.1) is 0 Å². The molecule has 0 aliphatic carbocycles. The fourth-order valence-electron chi connectivity index (χ4n) is 0.988. The molecule has 0 fully saturated rings. The summed E-state index contributed by atoms with van der Waals surface area (Å²) >= 11 is 5.36. The first kappa shape index (κ1) is 11.1. The van der Waals surface area contributed by atoms with Crippen LogP contribution in [0.3, 0.4) is 0 Å². The van der Waals surface area contributed by atoms with Gasteiger partial charge in [0.1, 0.15) is 0 Å². The van der Waals surface area contributed by atoms with Crippen molar-refractivity contribution in [2.24, 2.45) is 0 Å². The van der Waals surface area contributed by atoms with Crippen molar-refractivity contribution in [3.8, 4) is 0 Å². The standard InChI is InChI=1S/C8H7ClF3NO/c9-6-2-7(13)4(3-14)1-5(6)8(10,11)12/h1-2,14H,3,13H2. The summed E-state index contributed by atoms with van der Waals surface area (Å²) in [5.41, 5.74) is 4.41. The lowest BCUT2D eigenvalue weighted by atomic mass is 10.1. The number of nitrogen functional groups attached to an aromatic ring is 1. The van der Waals surface area contributed by atoms with E-state index >= 15 is 0 Å². The van der Waals surface area contributed by atoms with Crippen LogP contribution in [0.2, 0.25) is 5.02 Å². The van der Waals surface area contributed by atoms with Gasteiger partial charge in [0, 0.05) is 11.3 Å². The molecule has 0 aliphatic heterocycles. The zero-order valence-electron chi connectivity index (χ0n) is 6.90. The summed E-state index contributed by atoms with van der Waals surface area (Å²) in [6, 6.07) is 1.73. The number of hydrogen-bond donors (Lipinski definition) is 2. The Kier molecular flexibility index (Phi) is 2.92. The molecule has 14 heavy (non-hydrogen) atoms. The summed E-state index contributed by atoms with van der Waals surface area (Å²) in [4.78, 5) is 0. The highest BCUT2D eigenvalue weighted by Gasteiger charge is 2.33. The van der Waals surface area contributed by atoms with Crippen LogP contribution in [0.15, 0.2) is 12.1 Å². The Balaban J connectivity index is 3.32. The minimum absolute atomic E-state index is 0.0155. The molecule has 0 aliphatic rings. The van der Waals surface area contributed by atoms with Crippen LogP contribution in [0.4, 0.5) is 18.9 Å². The van der Waals surface area contributed by atoms with Crippen molar-refractivity contribution in [2.45, 2.75) is 12.8 Å². The zero-order chi connectivity index (χ0) is 10.9. The second-order valence-corrected chi connectivity index (χ2v) is 3.09. The number of benzene rings is 1. The number of nitrogens with two attached hydrogens (primary N) is 1. The molecule has 0 saturated heterocycles. The minimum atomic E-state index is -4.53. The maximum Gasteiger partial charge on any atom is 0.417 e. The van der Waals surface area contributed by atoms with Gasteiger partial charge in [-0.3, -0.25) is 0 Å². The number of alkyl halides is 3. The van der Waals surface area contributed by atoms with Crippen LogP contribution in [0.5, 0.6) is 0 Å². The van der Waals surface area contributed by atoms with E-state index in [0.29, 0.717) is 0 Å². The molecule has 0 atom stereocenters. The van der Waals surface area contributed by atoms with Gasteiger partial charge >= 0.3 is 6.18 Å². The Labute approximate surface area is 83.1 Å². The Morgan fingerprint density at radius 1 is 1.36 bits per heavy atom. The van der Waals surface area contributed by atoms with Crippen molar-refractivity contribution < 1.29 is 18.3 Å². The highest BCUT2D eigenvalue weighted by Crippen LogP contribution is 2.36. The predicted octanol–water partition coefficient (Wildman–Crippen LogP) is 2.43. The van der Waals surface area contributed by atoms with E-state index in [-0.39, 0.29) is 11.3 Å². The van der Waals surface area contributed by atoms with Crippen LogP contribution < -0.4 is 5.73 Å². The minimum Gasteiger partial charge on any atom is -0.398 e. The number of aliphatic hydroxyl groups is 1. The van der Waals surface area contributed by atoms with Crippen molar-refractivity contribution in [3.05, 3.63) is 28.3 Å². The number of hydrogen-bond acceptors (Lipinski definition) is 2. The fourth-order valence-corrected chi connectivity index (χ4v) is 1.27. The molecule has 0 saturated carbocycles. The zero-order valence-corrected chi connectivity index (χ0v) is 7.65. The van der Waals surface area contributed by atoms with Gasteiger partial charge in [0.15, 0.2) is 0 Å². The molecule has 0 unspecified atom stereocenters. The summed E-state index contributed by atoms with van der Waals surface area (Å²) in [7, 11) is 0. The van der Waals surface area contributed by atoms with Gasteiger partial charge in [-0.05, 0) is 12.1 Å². The lowest BCUT2D eigenvalue weighted by Gasteiger charge is -2.11. The average molecular weight is 226 g/mol. The van der Waals surface area contributed by atoms with Gasteiger partial charge in [0.2, 0.25) is 0 Å². The van der Waals surface area contributed by atoms with E-state index in [0.717, 1.165) is 12.1 Å². The Bertz CT molecular complexity index is 351. The predicted molar refractivity (Wildman–Crippen MR) is 46.8 cm³/mol. The van der Waals surface area contributed by atoms with Crippen molar-refractivity contribution in [2.75, 3.05) is 5.73 Å². The van der Waals surface area contributed by atoms with Crippen LogP contribution in [0, 0.1) is 0 Å². The number of aliphatic hydroxyl groups excluding tert-OH is 1. The lowest BCUT2D eigenvalue weighted by Crippen LogP contribution is -2.08. The third kappa shape index (κ3) is 2.10. The molecule has 78 valence electrons. The highest BCUT2D eigenvalue weighted by molar-refractivity contribution is 6.31. The normalized spacial score (nSPS) is 11.8. The summed E-state index contributed by atoms with van der Waals surface area (Å²) in [6.45, 7) is -0.550. The molecular formula is C8H7ClF3NO. The van der Waals surface area contributed by atoms with Crippen molar-refractivity contribution >= 4 is 17.3 Å². The van der Waals surface area contributed by atoms with E-state index in [1.807, 2.05) is 0 Å². The monoisotopic (exact) mass is 225 g/mol. The van der Waals surface area contributed by atoms with E-state index in [2.05, 4.69) is 0 Å². The first-order valence-corrected chi connectivity index (χ1v) is 4.00. The molecule has 3 N–H and O–H groups in total. The second kappa shape index (κ2) is 3.67. The molecule has 6 heteroatoms. The fraction of sp³-hybridized carbons (Fsp3) is 0.250. The molecule has 0 aromatic heterocycles. The summed E-state index contributed by atoms with van der Waals surface area (Å²) < 4.78 is 36.9. The van der Waals surface area contributed by atoms with Gasteiger partial charge in [0.05, 0.1) is 17.2 Å². The summed E-state index contributed by atoms with van der Waals surface area (Å²) in [5.74, 6) is 0.